The fourth-order valence-electron chi connectivity index (χ4n) is 3.73. The molecule has 0 fully saturated rings. The van der Waals surface area contributed by atoms with Gasteiger partial charge in [-0.05, 0) is 31.0 Å². The van der Waals surface area contributed by atoms with Crippen molar-refractivity contribution in [3.63, 3.8) is 0 Å². The van der Waals surface area contributed by atoms with Crippen LogP contribution >= 0.6 is 0 Å². The minimum Gasteiger partial charge on any atom is -0.384 e. The molecule has 8 nitrogen and oxygen atoms in total. The third kappa shape index (κ3) is 4.49. The van der Waals surface area contributed by atoms with E-state index in [1.54, 1.807) is 31.6 Å². The van der Waals surface area contributed by atoms with E-state index < -0.39 is 0 Å². The molecule has 0 aliphatic heterocycles. The van der Waals surface area contributed by atoms with Gasteiger partial charge in [-0.1, -0.05) is 18.2 Å². The molecular weight excluding hydrogens is 392 g/mol. The van der Waals surface area contributed by atoms with E-state index in [-0.39, 0.29) is 5.91 Å². The van der Waals surface area contributed by atoms with Crippen LogP contribution in [0.4, 0.5) is 5.82 Å². The summed E-state index contributed by atoms with van der Waals surface area (Å²) in [5, 5.41) is 3.98. The van der Waals surface area contributed by atoms with Crippen molar-refractivity contribution in [2.45, 2.75) is 25.8 Å². The van der Waals surface area contributed by atoms with Crippen molar-refractivity contribution in [3.8, 4) is 0 Å². The largest absolute Gasteiger partial charge is 0.384 e. The van der Waals surface area contributed by atoms with Crippen molar-refractivity contribution in [2.75, 3.05) is 26.0 Å². The Balaban J connectivity index is 1.51. The number of pyridine rings is 2. The molecule has 0 unspecified atom stereocenters. The van der Waals surface area contributed by atoms with Crippen LogP contribution in [0.2, 0.25) is 0 Å². The average molecular weight is 419 g/mol. The summed E-state index contributed by atoms with van der Waals surface area (Å²) >= 11 is 0. The summed E-state index contributed by atoms with van der Waals surface area (Å²) in [6.07, 6.45) is 5.64. The highest BCUT2D eigenvalue weighted by Crippen LogP contribution is 2.29. The number of aryl methyl sites for hydroxylation is 1. The van der Waals surface area contributed by atoms with Gasteiger partial charge >= 0.3 is 0 Å². The second-order valence-corrected chi connectivity index (χ2v) is 7.34. The van der Waals surface area contributed by atoms with Crippen LogP contribution in [-0.2, 0) is 17.7 Å². The third-order valence-electron chi connectivity index (χ3n) is 5.24. The van der Waals surface area contributed by atoms with Crippen molar-refractivity contribution in [1.82, 2.24) is 24.8 Å². The highest BCUT2D eigenvalue weighted by atomic mass is 16.5. The predicted molar refractivity (Wildman–Crippen MR) is 121 cm³/mol. The number of nitrogens with zero attached hydrogens (tertiary/aromatic N) is 4. The van der Waals surface area contributed by atoms with E-state index in [9.17, 15) is 4.79 Å². The molecule has 0 atom stereocenters. The number of imidazole rings is 1. The first-order valence-corrected chi connectivity index (χ1v) is 10.4. The van der Waals surface area contributed by atoms with Gasteiger partial charge < -0.3 is 20.4 Å². The van der Waals surface area contributed by atoms with Crippen LogP contribution in [0.25, 0.3) is 21.9 Å². The predicted octanol–water partition coefficient (Wildman–Crippen LogP) is 2.96. The number of fused-ring (bicyclic) bond motifs is 3. The summed E-state index contributed by atoms with van der Waals surface area (Å²) in [7, 11) is 1.68. The van der Waals surface area contributed by atoms with E-state index >= 15 is 0 Å². The Labute approximate surface area is 180 Å². The number of hydrogen-bond donors (Lipinski definition) is 2. The topological polar surface area (TPSA) is 108 Å². The molecule has 1 amide bonds. The van der Waals surface area contributed by atoms with Crippen molar-refractivity contribution < 1.29 is 9.53 Å². The number of nitrogen functional groups attached to an aromatic ring is 1. The number of anilines is 1. The highest BCUT2D eigenvalue weighted by Gasteiger charge is 2.17. The first kappa shape index (κ1) is 20.7. The zero-order valence-electron chi connectivity index (χ0n) is 17.5. The summed E-state index contributed by atoms with van der Waals surface area (Å²) < 4.78 is 7.49. The highest BCUT2D eigenvalue weighted by molar-refractivity contribution is 6.06. The molecule has 3 aromatic heterocycles. The molecule has 0 radical (unpaired) electrons. The minimum absolute atomic E-state index is 0.105. The lowest BCUT2D eigenvalue weighted by atomic mass is 10.2. The molecule has 31 heavy (non-hydrogen) atoms. The fourth-order valence-corrected chi connectivity index (χ4v) is 3.73. The molecule has 3 heterocycles. The lowest BCUT2D eigenvalue weighted by molar-refractivity contribution is 0.0952. The quantitative estimate of drug-likeness (QED) is 0.405. The van der Waals surface area contributed by atoms with E-state index in [1.165, 1.54) is 0 Å². The van der Waals surface area contributed by atoms with Crippen LogP contribution in [0.3, 0.4) is 0 Å². The Kier molecular flexibility index (Phi) is 6.37. The molecule has 160 valence electrons. The number of carbonyl (C=O) groups excluding carboxylic acids is 1. The monoisotopic (exact) mass is 418 g/mol. The Bertz CT molecular complexity index is 1190. The van der Waals surface area contributed by atoms with Gasteiger partial charge in [0, 0.05) is 44.4 Å². The van der Waals surface area contributed by atoms with Gasteiger partial charge in [-0.15, -0.1) is 0 Å². The van der Waals surface area contributed by atoms with Gasteiger partial charge in [0.1, 0.15) is 11.3 Å². The van der Waals surface area contributed by atoms with E-state index in [1.807, 2.05) is 18.2 Å². The van der Waals surface area contributed by atoms with Crippen LogP contribution < -0.4 is 11.1 Å². The molecule has 0 aliphatic rings. The number of aromatic nitrogens is 4. The number of carbonyl (C=O) groups is 1. The standard InChI is InChI=1S/C23H26N6O2/c1-31-14-10-19-28-20-21(17-8-2-3-9-18(17)27-22(20)24)29(19)13-5-4-12-26-23(30)16-7-6-11-25-15-16/h2-3,6-9,11,15H,4-5,10,12-14H2,1H3,(H2,24,27)(H,26,30). The van der Waals surface area contributed by atoms with Gasteiger partial charge in [0.15, 0.2) is 5.82 Å². The van der Waals surface area contributed by atoms with Crippen molar-refractivity contribution in [2.24, 2.45) is 0 Å². The number of unbranched alkanes of at least 4 members (excludes halogenated alkanes) is 1. The maximum absolute atomic E-state index is 12.2. The Hall–Kier alpha value is -3.52. The van der Waals surface area contributed by atoms with E-state index in [0.29, 0.717) is 31.0 Å². The summed E-state index contributed by atoms with van der Waals surface area (Å²) in [6, 6.07) is 11.5. The van der Waals surface area contributed by atoms with Gasteiger partial charge in [0.25, 0.3) is 5.91 Å². The minimum atomic E-state index is -0.105. The zero-order chi connectivity index (χ0) is 21.6. The number of nitrogens with two attached hydrogens (primary N) is 1. The number of methoxy groups -OCH3 is 1. The lowest BCUT2D eigenvalue weighted by Gasteiger charge is -2.11. The maximum Gasteiger partial charge on any atom is 0.252 e. The second kappa shape index (κ2) is 9.53. The first-order chi connectivity index (χ1) is 15.2. The molecule has 0 spiro atoms. The zero-order valence-corrected chi connectivity index (χ0v) is 17.5. The molecule has 1 aromatic carbocycles. The Morgan fingerprint density at radius 2 is 2.03 bits per heavy atom. The van der Waals surface area contributed by atoms with E-state index in [0.717, 1.165) is 47.1 Å². The van der Waals surface area contributed by atoms with Crippen LogP contribution in [-0.4, -0.2) is 45.7 Å². The summed E-state index contributed by atoms with van der Waals surface area (Å²) in [5.41, 5.74) is 9.39. The first-order valence-electron chi connectivity index (χ1n) is 10.4. The van der Waals surface area contributed by atoms with Crippen molar-refractivity contribution in [1.29, 1.82) is 0 Å². The summed E-state index contributed by atoms with van der Waals surface area (Å²) in [5.74, 6) is 1.27. The molecule has 4 aromatic rings. The van der Waals surface area contributed by atoms with Crippen LogP contribution in [0.5, 0.6) is 0 Å². The number of hydrogen-bond acceptors (Lipinski definition) is 6. The number of ether oxygens (including phenoxy) is 1. The van der Waals surface area contributed by atoms with Crippen molar-refractivity contribution in [3.05, 3.63) is 60.2 Å². The SMILES string of the molecule is COCCc1nc2c(N)nc3ccccc3c2n1CCCCNC(=O)c1cccnc1. The molecule has 4 rings (SSSR count). The number of benzene rings is 1. The fraction of sp³-hybridized carbons (Fsp3) is 0.304. The maximum atomic E-state index is 12.2. The van der Waals surface area contributed by atoms with Gasteiger partial charge in [0.2, 0.25) is 0 Å². The Morgan fingerprint density at radius 1 is 1.16 bits per heavy atom. The third-order valence-corrected chi connectivity index (χ3v) is 5.24. The average Bonchev–Trinajstić information content (AvgIpc) is 3.17. The van der Waals surface area contributed by atoms with Gasteiger partial charge in [-0.3, -0.25) is 9.78 Å². The summed E-state index contributed by atoms with van der Waals surface area (Å²) in [4.78, 5) is 25.4. The van der Waals surface area contributed by atoms with Gasteiger partial charge in [-0.25, -0.2) is 9.97 Å². The number of para-hydroxylation sites is 1. The van der Waals surface area contributed by atoms with E-state index in [4.69, 9.17) is 15.5 Å². The molecule has 0 aliphatic carbocycles. The van der Waals surface area contributed by atoms with Crippen LogP contribution in [0, 0.1) is 0 Å². The van der Waals surface area contributed by atoms with Crippen LogP contribution in [0.1, 0.15) is 29.0 Å². The van der Waals surface area contributed by atoms with Crippen LogP contribution in [0.15, 0.2) is 48.8 Å². The van der Waals surface area contributed by atoms with Crippen molar-refractivity contribution >= 4 is 33.7 Å². The molecule has 0 bridgehead atoms. The molecule has 0 saturated heterocycles. The summed E-state index contributed by atoms with van der Waals surface area (Å²) in [6.45, 7) is 1.94. The lowest BCUT2D eigenvalue weighted by Crippen LogP contribution is -2.24. The van der Waals surface area contributed by atoms with Gasteiger partial charge in [-0.2, -0.15) is 0 Å². The molecule has 8 heteroatoms. The number of amides is 1. The molecule has 0 saturated carbocycles. The Morgan fingerprint density at radius 3 is 2.84 bits per heavy atom. The van der Waals surface area contributed by atoms with Gasteiger partial charge in [0.05, 0.1) is 23.2 Å². The second-order valence-electron chi connectivity index (χ2n) is 7.34. The number of rotatable bonds is 9. The smallest absolute Gasteiger partial charge is 0.252 e. The number of nitrogens with one attached hydrogen (secondary N) is 1. The molecular formula is C23H26N6O2. The van der Waals surface area contributed by atoms with E-state index in [2.05, 4.69) is 25.9 Å². The molecule has 3 N–H and O–H groups in total. The normalized spacial score (nSPS) is 11.3.